The van der Waals surface area contributed by atoms with Gasteiger partial charge in [-0.25, -0.2) is 27.2 Å². The van der Waals surface area contributed by atoms with Gasteiger partial charge in [0.1, 0.15) is 38.7 Å². The van der Waals surface area contributed by atoms with Crippen LogP contribution in [-0.2, 0) is 22.8 Å². The van der Waals surface area contributed by atoms with E-state index in [1.165, 1.54) is 10.9 Å². The Kier molecular flexibility index (Phi) is 7.20. The third-order valence-electron chi connectivity index (χ3n) is 6.07. The monoisotopic (exact) mass is 550 g/mol. The number of nitrogens with zero attached hydrogens (tertiary/aromatic N) is 5. The molecule has 3 heterocycles. The van der Waals surface area contributed by atoms with Crippen LogP contribution in [0, 0.1) is 11.6 Å². The van der Waals surface area contributed by atoms with Crippen LogP contribution in [0.2, 0.25) is 0 Å². The van der Waals surface area contributed by atoms with E-state index in [1.54, 1.807) is 42.9 Å². The number of aryl methyl sites for hydroxylation is 1. The highest BCUT2D eigenvalue weighted by atomic mass is 32.2. The van der Waals surface area contributed by atoms with E-state index >= 15 is 0 Å². The summed E-state index contributed by atoms with van der Waals surface area (Å²) in [7, 11) is -3.12. The molecule has 0 fully saturated rings. The Hall–Kier alpha value is -4.45. The average Bonchev–Trinajstić information content (AvgIpc) is 3.25. The number of para-hydroxylation sites is 1. The highest BCUT2D eigenvalue weighted by Gasteiger charge is 2.19. The minimum Gasteiger partial charge on any atom is -0.508 e. The van der Waals surface area contributed by atoms with Crippen LogP contribution in [0.15, 0.2) is 67.1 Å². The molecule has 12 heteroatoms. The normalized spacial score (nSPS) is 11.7. The number of aromatic nitrogens is 5. The van der Waals surface area contributed by atoms with Gasteiger partial charge < -0.3 is 10.4 Å². The highest BCUT2D eigenvalue weighted by Crippen LogP contribution is 2.30. The van der Waals surface area contributed by atoms with Gasteiger partial charge >= 0.3 is 0 Å². The van der Waals surface area contributed by atoms with Crippen molar-refractivity contribution >= 4 is 32.2 Å². The van der Waals surface area contributed by atoms with Crippen molar-refractivity contribution in [1.82, 2.24) is 24.7 Å². The Morgan fingerprint density at radius 1 is 1.05 bits per heavy atom. The second-order valence-corrected chi connectivity index (χ2v) is 11.3. The van der Waals surface area contributed by atoms with Gasteiger partial charge in [-0.15, -0.1) is 0 Å². The number of pyridine rings is 1. The van der Waals surface area contributed by atoms with Gasteiger partial charge in [0.05, 0.1) is 17.8 Å². The molecule has 0 aliphatic carbocycles. The molecule has 0 unspecified atom stereocenters. The summed E-state index contributed by atoms with van der Waals surface area (Å²) in [5.74, 6) is -1.48. The molecule has 0 atom stereocenters. The van der Waals surface area contributed by atoms with Crippen LogP contribution in [0.1, 0.15) is 17.5 Å². The van der Waals surface area contributed by atoms with Crippen molar-refractivity contribution in [2.24, 2.45) is 0 Å². The lowest BCUT2D eigenvalue weighted by Crippen LogP contribution is -2.08. The molecule has 2 aromatic carbocycles. The number of anilines is 2. The standard InChI is InChI=1S/C27H24F2N6O3S/c1-39(37,38)12-4-5-17-15-31-27(33-26(17)32-18-8-10-30-11-9-18)25-20-6-2-3-7-24(20)35(34-25)16-21-22(28)13-19(36)14-23(21)29/h2-3,6-11,13-15,36H,4-5,12,16H2,1H3,(H,30,31,32,33). The van der Waals surface area contributed by atoms with E-state index < -0.39 is 27.2 Å². The van der Waals surface area contributed by atoms with Gasteiger partial charge in [-0.3, -0.25) is 9.67 Å². The molecule has 0 aliphatic rings. The number of phenolic OH excluding ortho intramolecular Hbond substituents is 1. The molecular formula is C27H24F2N6O3S. The van der Waals surface area contributed by atoms with Crippen molar-refractivity contribution in [3.05, 3.63) is 89.9 Å². The molecule has 9 nitrogen and oxygen atoms in total. The molecule has 2 N–H and O–H groups in total. The lowest BCUT2D eigenvalue weighted by Gasteiger charge is -2.12. The number of nitrogens with one attached hydrogen (secondary N) is 1. The van der Waals surface area contributed by atoms with Crippen molar-refractivity contribution in [2.45, 2.75) is 19.4 Å². The molecule has 3 aromatic heterocycles. The lowest BCUT2D eigenvalue weighted by molar-refractivity contribution is 0.454. The highest BCUT2D eigenvalue weighted by molar-refractivity contribution is 7.90. The number of benzene rings is 2. The number of sulfone groups is 1. The van der Waals surface area contributed by atoms with Gasteiger partial charge in [-0.1, -0.05) is 18.2 Å². The Morgan fingerprint density at radius 3 is 2.49 bits per heavy atom. The number of fused-ring (bicyclic) bond motifs is 1. The van der Waals surface area contributed by atoms with Crippen LogP contribution in [0.25, 0.3) is 22.4 Å². The Bertz CT molecular complexity index is 1740. The van der Waals surface area contributed by atoms with Gasteiger partial charge in [0.25, 0.3) is 0 Å². The van der Waals surface area contributed by atoms with Crippen LogP contribution in [0.3, 0.4) is 0 Å². The smallest absolute Gasteiger partial charge is 0.182 e. The zero-order valence-corrected chi connectivity index (χ0v) is 21.7. The first-order valence-corrected chi connectivity index (χ1v) is 14.1. The molecule has 5 aromatic rings. The van der Waals surface area contributed by atoms with Crippen LogP contribution < -0.4 is 5.32 Å². The summed E-state index contributed by atoms with van der Waals surface area (Å²) in [6.45, 7) is -0.218. The topological polar surface area (TPSA) is 123 Å². The largest absolute Gasteiger partial charge is 0.508 e. The lowest BCUT2D eigenvalue weighted by atomic mass is 10.1. The van der Waals surface area contributed by atoms with E-state index in [9.17, 15) is 22.3 Å². The van der Waals surface area contributed by atoms with Crippen molar-refractivity contribution in [2.75, 3.05) is 17.3 Å². The molecule has 0 saturated heterocycles. The maximum Gasteiger partial charge on any atom is 0.182 e. The number of halogens is 2. The molecule has 39 heavy (non-hydrogen) atoms. The van der Waals surface area contributed by atoms with Crippen molar-refractivity contribution in [1.29, 1.82) is 0 Å². The summed E-state index contributed by atoms with van der Waals surface area (Å²) < 4.78 is 53.7. The summed E-state index contributed by atoms with van der Waals surface area (Å²) in [6, 6.07) is 12.4. The van der Waals surface area contributed by atoms with E-state index in [0.29, 0.717) is 35.3 Å². The third kappa shape index (κ3) is 6.01. The zero-order chi connectivity index (χ0) is 27.6. The van der Waals surface area contributed by atoms with E-state index in [0.717, 1.165) is 23.4 Å². The first kappa shape index (κ1) is 26.2. The quantitative estimate of drug-likeness (QED) is 0.272. The molecule has 0 spiro atoms. The van der Waals surface area contributed by atoms with Crippen molar-refractivity contribution in [3.63, 3.8) is 0 Å². The average molecular weight is 551 g/mol. The fourth-order valence-corrected chi connectivity index (χ4v) is 4.88. The second kappa shape index (κ2) is 10.7. The number of hydrogen-bond acceptors (Lipinski definition) is 8. The predicted molar refractivity (Wildman–Crippen MR) is 143 cm³/mol. The summed E-state index contributed by atoms with van der Waals surface area (Å²) >= 11 is 0. The second-order valence-electron chi connectivity index (χ2n) is 9.07. The van der Waals surface area contributed by atoms with Crippen LogP contribution in [0.5, 0.6) is 5.75 Å². The number of rotatable bonds is 9. The molecule has 0 radical (unpaired) electrons. The van der Waals surface area contributed by atoms with Gasteiger partial charge in [0, 0.05) is 59.2 Å². The van der Waals surface area contributed by atoms with Crippen molar-refractivity contribution in [3.8, 4) is 17.3 Å². The summed E-state index contributed by atoms with van der Waals surface area (Å²) in [6.07, 6.45) is 6.90. The first-order chi connectivity index (χ1) is 18.7. The van der Waals surface area contributed by atoms with Crippen LogP contribution >= 0.6 is 0 Å². The van der Waals surface area contributed by atoms with Gasteiger partial charge in [-0.05, 0) is 31.0 Å². The van der Waals surface area contributed by atoms with Gasteiger partial charge in [-0.2, -0.15) is 5.10 Å². The maximum absolute atomic E-state index is 14.5. The molecule has 200 valence electrons. The minimum absolute atomic E-state index is 0.0306. The van der Waals surface area contributed by atoms with Gasteiger partial charge in [0.15, 0.2) is 5.82 Å². The third-order valence-corrected chi connectivity index (χ3v) is 7.10. The Morgan fingerprint density at radius 2 is 1.77 bits per heavy atom. The Balaban J connectivity index is 1.56. The van der Waals surface area contributed by atoms with E-state index in [1.807, 2.05) is 12.1 Å². The summed E-state index contributed by atoms with van der Waals surface area (Å²) in [5.41, 5.74) is 2.23. The molecule has 0 saturated carbocycles. The van der Waals surface area contributed by atoms with Crippen LogP contribution in [-0.4, -0.2) is 50.3 Å². The predicted octanol–water partition coefficient (Wildman–Crippen LogP) is 4.64. The summed E-state index contributed by atoms with van der Waals surface area (Å²) in [5, 5.41) is 18.0. The SMILES string of the molecule is CS(=O)(=O)CCCc1cnc(-c2nn(Cc3c(F)cc(O)cc3F)c3ccccc23)nc1Nc1ccncc1. The van der Waals surface area contributed by atoms with Crippen LogP contribution in [0.4, 0.5) is 20.3 Å². The number of aromatic hydroxyl groups is 1. The fourth-order valence-electron chi connectivity index (χ4n) is 4.21. The molecule has 0 amide bonds. The van der Waals surface area contributed by atoms with E-state index in [4.69, 9.17) is 4.98 Å². The molecule has 5 rings (SSSR count). The minimum atomic E-state index is -3.12. The first-order valence-electron chi connectivity index (χ1n) is 12.0. The Labute approximate surface area is 223 Å². The number of phenols is 1. The summed E-state index contributed by atoms with van der Waals surface area (Å²) in [4.78, 5) is 13.3. The van der Waals surface area contributed by atoms with E-state index in [-0.39, 0.29) is 23.7 Å². The zero-order valence-electron chi connectivity index (χ0n) is 20.8. The van der Waals surface area contributed by atoms with Gasteiger partial charge in [0.2, 0.25) is 0 Å². The number of hydrogen-bond donors (Lipinski definition) is 2. The molecule has 0 bridgehead atoms. The maximum atomic E-state index is 14.5. The van der Waals surface area contributed by atoms with E-state index in [2.05, 4.69) is 20.4 Å². The fraction of sp³-hybridized carbons (Fsp3) is 0.185. The molecular weight excluding hydrogens is 526 g/mol. The molecule has 0 aliphatic heterocycles. The van der Waals surface area contributed by atoms with Crippen molar-refractivity contribution < 1.29 is 22.3 Å².